The number of anilines is 1. The highest BCUT2D eigenvalue weighted by Gasteiger charge is 2.30. The predicted molar refractivity (Wildman–Crippen MR) is 102 cm³/mol. The van der Waals surface area contributed by atoms with E-state index in [1.165, 1.54) is 0 Å². The number of aromatic nitrogens is 2. The highest BCUT2D eigenvalue weighted by Crippen LogP contribution is 2.28. The molecule has 138 valence electrons. The van der Waals surface area contributed by atoms with Gasteiger partial charge >= 0.3 is 0 Å². The number of carbonyl (C=O) groups is 1. The fourth-order valence-corrected chi connectivity index (χ4v) is 4.15. The maximum atomic E-state index is 13.1. The Bertz CT molecular complexity index is 1000. The number of aryl methyl sites for hydroxylation is 2. The summed E-state index contributed by atoms with van der Waals surface area (Å²) >= 11 is 1.62. The van der Waals surface area contributed by atoms with Crippen molar-refractivity contribution in [3.8, 4) is 12.0 Å². The number of amides is 1. The van der Waals surface area contributed by atoms with E-state index in [0.29, 0.717) is 30.3 Å². The zero-order chi connectivity index (χ0) is 19.0. The Balaban J connectivity index is 1.55. The summed E-state index contributed by atoms with van der Waals surface area (Å²) in [6.07, 6.45) is 3.59. The highest BCUT2D eigenvalue weighted by molar-refractivity contribution is 7.13. The van der Waals surface area contributed by atoms with Crippen molar-refractivity contribution in [2.45, 2.75) is 13.8 Å². The number of rotatable bonds is 3. The van der Waals surface area contributed by atoms with Crippen molar-refractivity contribution in [2.24, 2.45) is 0 Å². The van der Waals surface area contributed by atoms with Crippen LogP contribution in [0.2, 0.25) is 0 Å². The Morgan fingerprint density at radius 2 is 1.93 bits per heavy atom. The quantitative estimate of drug-likeness (QED) is 0.697. The summed E-state index contributed by atoms with van der Waals surface area (Å²) in [5.74, 6) is 0.708. The Labute approximate surface area is 161 Å². The molecular weight excluding hydrogens is 362 g/mol. The van der Waals surface area contributed by atoms with Crippen LogP contribution in [0.4, 0.5) is 5.13 Å². The fourth-order valence-electron chi connectivity index (χ4n) is 3.29. The van der Waals surface area contributed by atoms with Crippen LogP contribution in [-0.2, 0) is 0 Å². The first-order valence-electron chi connectivity index (χ1n) is 8.71. The number of nitrogens with zero attached hydrogens (tertiary/aromatic N) is 5. The van der Waals surface area contributed by atoms with E-state index in [-0.39, 0.29) is 11.5 Å². The summed E-state index contributed by atoms with van der Waals surface area (Å²) in [5.41, 5.74) is 1.66. The summed E-state index contributed by atoms with van der Waals surface area (Å²) < 4.78 is 7.47. The minimum Gasteiger partial charge on any atom is -0.443 e. The number of thiazole rings is 1. The van der Waals surface area contributed by atoms with Crippen molar-refractivity contribution in [3.63, 3.8) is 0 Å². The molecule has 3 aromatic heterocycles. The number of hydrogen-bond acceptors (Lipinski definition) is 6. The molecule has 4 heterocycles. The maximum Gasteiger partial charge on any atom is 0.258 e. The lowest BCUT2D eigenvalue weighted by molar-refractivity contribution is 0.0744. The zero-order valence-corrected chi connectivity index (χ0v) is 16.0. The largest absolute Gasteiger partial charge is 0.443 e. The standard InChI is InChI=1S/C19H19N5O2S/c1-13-12-27-19(21-13)24-9-7-22(8-10-24)17(25)16-14(2)26-18(15(16)11-20)23-5-3-4-6-23/h3-6,12H,7-10H2,1-2H3. The van der Waals surface area contributed by atoms with Crippen molar-refractivity contribution in [2.75, 3.05) is 31.1 Å². The fraction of sp³-hybridized carbons (Fsp3) is 0.316. The molecule has 1 aliphatic rings. The van der Waals surface area contributed by atoms with Gasteiger partial charge in [0.2, 0.25) is 5.88 Å². The Hall–Kier alpha value is -3.05. The first-order chi connectivity index (χ1) is 13.1. The smallest absolute Gasteiger partial charge is 0.258 e. The number of carbonyl (C=O) groups excluding carboxylic acids is 1. The van der Waals surface area contributed by atoms with E-state index in [1.807, 2.05) is 24.4 Å². The van der Waals surface area contributed by atoms with Crippen LogP contribution >= 0.6 is 11.3 Å². The second kappa shape index (κ2) is 6.93. The second-order valence-corrected chi connectivity index (χ2v) is 7.30. The molecular formula is C19H19N5O2S. The SMILES string of the molecule is Cc1csc(N2CCN(C(=O)c3c(C)oc(-n4cccc4)c3C#N)CC2)n1. The van der Waals surface area contributed by atoms with Crippen LogP contribution < -0.4 is 4.90 Å². The molecule has 1 aliphatic heterocycles. The lowest BCUT2D eigenvalue weighted by Gasteiger charge is -2.34. The summed E-state index contributed by atoms with van der Waals surface area (Å²) in [6, 6.07) is 5.84. The van der Waals surface area contributed by atoms with Crippen LogP contribution in [0.15, 0.2) is 34.3 Å². The second-order valence-electron chi connectivity index (χ2n) is 6.47. The summed E-state index contributed by atoms with van der Waals surface area (Å²) in [6.45, 7) is 6.34. The van der Waals surface area contributed by atoms with Gasteiger partial charge in [0.05, 0.1) is 5.69 Å². The monoisotopic (exact) mass is 381 g/mol. The number of piperazine rings is 1. The third kappa shape index (κ3) is 3.11. The van der Waals surface area contributed by atoms with E-state index in [4.69, 9.17) is 4.42 Å². The molecule has 0 N–H and O–H groups in total. The molecule has 8 heteroatoms. The Morgan fingerprint density at radius 3 is 2.52 bits per heavy atom. The van der Waals surface area contributed by atoms with Gasteiger partial charge in [-0.1, -0.05) is 0 Å². The summed E-state index contributed by atoms with van der Waals surface area (Å²) in [5, 5.41) is 12.7. The molecule has 0 aliphatic carbocycles. The molecule has 4 rings (SSSR count). The van der Waals surface area contributed by atoms with Crippen LogP contribution in [0.5, 0.6) is 0 Å². The lowest BCUT2D eigenvalue weighted by atomic mass is 10.1. The summed E-state index contributed by atoms with van der Waals surface area (Å²) in [4.78, 5) is 21.6. The van der Waals surface area contributed by atoms with Crippen LogP contribution in [-0.4, -0.2) is 46.5 Å². The summed E-state index contributed by atoms with van der Waals surface area (Å²) in [7, 11) is 0. The normalized spacial score (nSPS) is 14.4. The Kier molecular flexibility index (Phi) is 4.46. The average molecular weight is 381 g/mol. The third-order valence-electron chi connectivity index (χ3n) is 4.67. The minimum absolute atomic E-state index is 0.152. The maximum absolute atomic E-state index is 13.1. The van der Waals surface area contributed by atoms with E-state index in [2.05, 4.69) is 16.0 Å². The lowest BCUT2D eigenvalue weighted by Crippen LogP contribution is -2.49. The molecule has 3 aromatic rings. The predicted octanol–water partition coefficient (Wildman–Crippen LogP) is 2.98. The molecule has 27 heavy (non-hydrogen) atoms. The van der Waals surface area contributed by atoms with Crippen molar-refractivity contribution in [1.82, 2.24) is 14.5 Å². The molecule has 0 unspecified atom stereocenters. The molecule has 0 radical (unpaired) electrons. The van der Waals surface area contributed by atoms with Crippen LogP contribution in [0.1, 0.15) is 27.4 Å². The number of nitriles is 1. The van der Waals surface area contributed by atoms with Crippen molar-refractivity contribution in [1.29, 1.82) is 5.26 Å². The molecule has 1 fully saturated rings. The number of hydrogen-bond donors (Lipinski definition) is 0. The van der Waals surface area contributed by atoms with Gasteiger partial charge in [-0.15, -0.1) is 11.3 Å². The van der Waals surface area contributed by atoms with Gasteiger partial charge in [0, 0.05) is 44.0 Å². The molecule has 0 bridgehead atoms. The van der Waals surface area contributed by atoms with Crippen molar-refractivity contribution >= 4 is 22.4 Å². The first kappa shape index (κ1) is 17.4. The van der Waals surface area contributed by atoms with Gasteiger partial charge in [0.15, 0.2) is 5.13 Å². The van der Waals surface area contributed by atoms with E-state index in [0.717, 1.165) is 23.9 Å². The van der Waals surface area contributed by atoms with Crippen LogP contribution in [0.3, 0.4) is 0 Å². The van der Waals surface area contributed by atoms with Crippen molar-refractivity contribution in [3.05, 3.63) is 52.5 Å². The first-order valence-corrected chi connectivity index (χ1v) is 9.59. The highest BCUT2D eigenvalue weighted by atomic mass is 32.1. The van der Waals surface area contributed by atoms with E-state index < -0.39 is 0 Å². The number of furan rings is 1. The van der Waals surface area contributed by atoms with Gasteiger partial charge in [-0.3, -0.25) is 9.36 Å². The third-order valence-corrected chi connectivity index (χ3v) is 5.69. The van der Waals surface area contributed by atoms with Gasteiger partial charge in [-0.05, 0) is 26.0 Å². The molecule has 0 atom stereocenters. The van der Waals surface area contributed by atoms with E-state index >= 15 is 0 Å². The molecule has 0 saturated carbocycles. The Morgan fingerprint density at radius 1 is 1.22 bits per heavy atom. The van der Waals surface area contributed by atoms with E-state index in [1.54, 1.807) is 40.1 Å². The van der Waals surface area contributed by atoms with Gasteiger partial charge in [-0.25, -0.2) is 4.98 Å². The average Bonchev–Trinajstić information content (AvgIpc) is 3.41. The van der Waals surface area contributed by atoms with Crippen molar-refractivity contribution < 1.29 is 9.21 Å². The minimum atomic E-state index is -0.152. The topological polar surface area (TPSA) is 78.3 Å². The van der Waals surface area contributed by atoms with E-state index in [9.17, 15) is 10.1 Å². The zero-order valence-electron chi connectivity index (χ0n) is 15.2. The molecule has 0 spiro atoms. The van der Waals surface area contributed by atoms with Gasteiger partial charge < -0.3 is 14.2 Å². The molecule has 7 nitrogen and oxygen atoms in total. The van der Waals surface area contributed by atoms with Crippen LogP contribution in [0.25, 0.3) is 5.88 Å². The molecule has 1 saturated heterocycles. The van der Waals surface area contributed by atoms with Gasteiger partial charge in [0.25, 0.3) is 5.91 Å². The molecule has 0 aromatic carbocycles. The van der Waals surface area contributed by atoms with Gasteiger partial charge in [0.1, 0.15) is 23.0 Å². The molecule has 1 amide bonds. The van der Waals surface area contributed by atoms with Gasteiger partial charge in [-0.2, -0.15) is 5.26 Å². The van der Waals surface area contributed by atoms with Crippen LogP contribution in [0, 0.1) is 25.2 Å².